The van der Waals surface area contributed by atoms with Crippen LogP contribution in [0.15, 0.2) is 30.3 Å². The van der Waals surface area contributed by atoms with Gasteiger partial charge in [0.05, 0.1) is 11.9 Å². The highest BCUT2D eigenvalue weighted by Gasteiger charge is 2.43. The van der Waals surface area contributed by atoms with Gasteiger partial charge in [0.25, 0.3) is 5.91 Å². The molecule has 0 saturated carbocycles. The summed E-state index contributed by atoms with van der Waals surface area (Å²) in [4.78, 5) is 11.8. The molecule has 5 atom stereocenters. The van der Waals surface area contributed by atoms with Gasteiger partial charge in [-0.15, -0.1) is 0 Å². The molecule has 1 aromatic rings. The van der Waals surface area contributed by atoms with Crippen molar-refractivity contribution in [2.45, 2.75) is 37.1 Å². The minimum Gasteiger partial charge on any atom is -0.388 e. The molecule has 0 radical (unpaired) electrons. The van der Waals surface area contributed by atoms with Crippen molar-refractivity contribution in [2.75, 3.05) is 5.75 Å². The second kappa shape index (κ2) is 7.55. The lowest BCUT2D eigenvalue weighted by Crippen LogP contribution is -2.57. The van der Waals surface area contributed by atoms with Gasteiger partial charge in [-0.1, -0.05) is 18.2 Å². The molecule has 0 unspecified atom stereocenters. The van der Waals surface area contributed by atoms with Gasteiger partial charge in [0.15, 0.2) is 6.29 Å². The van der Waals surface area contributed by atoms with Crippen LogP contribution in [0.5, 0.6) is 0 Å². The number of aliphatic hydroxyl groups is 4. The lowest BCUT2D eigenvalue weighted by atomic mass is 9.97. The van der Waals surface area contributed by atoms with Gasteiger partial charge in [-0.3, -0.25) is 4.79 Å². The fraction of sp³-hybridized carbons (Fsp3) is 0.500. The van der Waals surface area contributed by atoms with Crippen LogP contribution in [-0.4, -0.2) is 71.2 Å². The van der Waals surface area contributed by atoms with E-state index in [1.165, 1.54) is 12.1 Å². The molecule has 9 nitrogen and oxygen atoms in total. The third-order valence-electron chi connectivity index (χ3n) is 3.64. The van der Waals surface area contributed by atoms with Gasteiger partial charge in [0, 0.05) is 5.56 Å². The van der Waals surface area contributed by atoms with Crippen molar-refractivity contribution in [3.05, 3.63) is 35.9 Å². The predicted molar refractivity (Wildman–Crippen MR) is 81.2 cm³/mol. The standard InChI is InChI=1S/C14H19NO8S/c16-10-9(23-14(20)12(18)11(10)17)6-7-24(21,22)15-13(19)8-4-2-1-3-5-8/h1-5,9-12,14,16-18,20H,6-7H2,(H,15,19)/t9-,10-,11+,12+,14+/m1/s1. The summed E-state index contributed by atoms with van der Waals surface area (Å²) in [6.45, 7) is 0. The van der Waals surface area contributed by atoms with E-state index in [0.717, 1.165) is 0 Å². The number of benzene rings is 1. The van der Waals surface area contributed by atoms with Gasteiger partial charge >= 0.3 is 0 Å². The molecule has 0 spiro atoms. The summed E-state index contributed by atoms with van der Waals surface area (Å²) in [5, 5.41) is 38.1. The molecule has 2 rings (SSSR count). The van der Waals surface area contributed by atoms with Gasteiger partial charge in [0.1, 0.15) is 18.3 Å². The van der Waals surface area contributed by atoms with Crippen LogP contribution in [0.1, 0.15) is 16.8 Å². The van der Waals surface area contributed by atoms with E-state index in [1.807, 2.05) is 4.72 Å². The molecule has 0 aromatic heterocycles. The van der Waals surface area contributed by atoms with E-state index in [-0.39, 0.29) is 12.0 Å². The number of carbonyl (C=O) groups excluding carboxylic acids is 1. The SMILES string of the molecule is O=C(NS(=O)(=O)CC[C@H]1O[C@H](O)[C@@H](O)[C@@H](O)[C@@H]1O)c1ccccc1. The van der Waals surface area contributed by atoms with Crippen molar-refractivity contribution in [1.29, 1.82) is 0 Å². The summed E-state index contributed by atoms with van der Waals surface area (Å²) in [6.07, 6.45) is -8.16. The van der Waals surface area contributed by atoms with Gasteiger partial charge < -0.3 is 25.2 Å². The van der Waals surface area contributed by atoms with E-state index in [4.69, 9.17) is 4.74 Å². The minimum atomic E-state index is -4.02. The summed E-state index contributed by atoms with van der Waals surface area (Å²) >= 11 is 0. The maximum atomic E-state index is 11.9. The van der Waals surface area contributed by atoms with Crippen molar-refractivity contribution < 1.29 is 38.4 Å². The van der Waals surface area contributed by atoms with Crippen molar-refractivity contribution in [3.8, 4) is 0 Å². The summed E-state index contributed by atoms with van der Waals surface area (Å²) in [6, 6.07) is 7.75. The first kappa shape index (κ1) is 18.8. The van der Waals surface area contributed by atoms with Crippen LogP contribution in [0.2, 0.25) is 0 Å². The van der Waals surface area contributed by atoms with Gasteiger partial charge in [0.2, 0.25) is 10.0 Å². The zero-order valence-corrected chi connectivity index (χ0v) is 13.3. The lowest BCUT2D eigenvalue weighted by Gasteiger charge is -2.38. The number of sulfonamides is 1. The average Bonchev–Trinajstić information content (AvgIpc) is 2.55. The Morgan fingerprint density at radius 3 is 2.29 bits per heavy atom. The number of hydrogen-bond donors (Lipinski definition) is 5. The normalized spacial score (nSPS) is 30.8. The molecule has 134 valence electrons. The number of hydrogen-bond acceptors (Lipinski definition) is 8. The summed E-state index contributed by atoms with van der Waals surface area (Å²) in [5.74, 6) is -1.38. The molecular formula is C14H19NO8S. The largest absolute Gasteiger partial charge is 0.388 e. The molecule has 1 amide bonds. The smallest absolute Gasteiger partial charge is 0.264 e. The zero-order valence-electron chi connectivity index (χ0n) is 12.5. The highest BCUT2D eigenvalue weighted by molar-refractivity contribution is 7.90. The number of amides is 1. The predicted octanol–water partition coefficient (Wildman–Crippen LogP) is -2.06. The molecule has 0 bridgehead atoms. The summed E-state index contributed by atoms with van der Waals surface area (Å²) in [7, 11) is -4.02. The van der Waals surface area contributed by atoms with Crippen LogP contribution >= 0.6 is 0 Å². The first-order chi connectivity index (χ1) is 11.2. The molecule has 0 aliphatic carbocycles. The van der Waals surface area contributed by atoms with E-state index in [9.17, 15) is 33.6 Å². The van der Waals surface area contributed by atoms with Gasteiger partial charge in [-0.05, 0) is 18.6 Å². The van der Waals surface area contributed by atoms with Crippen LogP contribution in [-0.2, 0) is 14.8 Å². The molecule has 1 fully saturated rings. The third-order valence-corrected chi connectivity index (χ3v) is 4.91. The van der Waals surface area contributed by atoms with E-state index < -0.39 is 52.4 Å². The monoisotopic (exact) mass is 361 g/mol. The van der Waals surface area contributed by atoms with Crippen molar-refractivity contribution in [1.82, 2.24) is 4.72 Å². The molecule has 1 saturated heterocycles. The van der Waals surface area contributed by atoms with Gasteiger partial charge in [-0.25, -0.2) is 13.1 Å². The lowest BCUT2D eigenvalue weighted by molar-refractivity contribution is -0.281. The highest BCUT2D eigenvalue weighted by Crippen LogP contribution is 2.22. The maximum absolute atomic E-state index is 11.9. The molecule has 10 heteroatoms. The Bertz CT molecular complexity index is 665. The Labute approximate surface area is 138 Å². The first-order valence-corrected chi connectivity index (χ1v) is 8.84. The quantitative estimate of drug-likeness (QED) is 0.401. The highest BCUT2D eigenvalue weighted by atomic mass is 32.2. The zero-order chi connectivity index (χ0) is 17.9. The van der Waals surface area contributed by atoms with Crippen LogP contribution < -0.4 is 4.72 Å². The van der Waals surface area contributed by atoms with Crippen LogP contribution in [0.3, 0.4) is 0 Å². The fourth-order valence-corrected chi connectivity index (χ4v) is 3.33. The second-order valence-electron chi connectivity index (χ2n) is 5.44. The Morgan fingerprint density at radius 1 is 1.04 bits per heavy atom. The molecule has 5 N–H and O–H groups in total. The van der Waals surface area contributed by atoms with Crippen LogP contribution in [0.4, 0.5) is 0 Å². The number of rotatable bonds is 5. The Hall–Kier alpha value is -1.56. The number of ether oxygens (including phenoxy) is 1. The number of aliphatic hydroxyl groups excluding tert-OH is 4. The minimum absolute atomic E-state index is 0.170. The third kappa shape index (κ3) is 4.50. The average molecular weight is 361 g/mol. The van der Waals surface area contributed by atoms with Crippen molar-refractivity contribution in [2.24, 2.45) is 0 Å². The number of carbonyl (C=O) groups is 1. The summed E-state index contributed by atoms with van der Waals surface area (Å²) < 4.78 is 30.7. The molecule has 1 aromatic carbocycles. The molecule has 24 heavy (non-hydrogen) atoms. The second-order valence-corrected chi connectivity index (χ2v) is 7.28. The van der Waals surface area contributed by atoms with E-state index in [2.05, 4.69) is 0 Å². The maximum Gasteiger partial charge on any atom is 0.264 e. The fourth-order valence-electron chi connectivity index (χ4n) is 2.28. The van der Waals surface area contributed by atoms with E-state index in [0.29, 0.717) is 0 Å². The Morgan fingerprint density at radius 2 is 1.67 bits per heavy atom. The summed E-state index contributed by atoms with van der Waals surface area (Å²) in [5.41, 5.74) is 0.170. The van der Waals surface area contributed by atoms with Crippen molar-refractivity contribution >= 4 is 15.9 Å². The van der Waals surface area contributed by atoms with Crippen LogP contribution in [0, 0.1) is 0 Å². The molecular weight excluding hydrogens is 342 g/mol. The first-order valence-electron chi connectivity index (χ1n) is 7.19. The van der Waals surface area contributed by atoms with Crippen LogP contribution in [0.25, 0.3) is 0 Å². The van der Waals surface area contributed by atoms with Gasteiger partial charge in [-0.2, -0.15) is 0 Å². The van der Waals surface area contributed by atoms with Crippen molar-refractivity contribution in [3.63, 3.8) is 0 Å². The van der Waals surface area contributed by atoms with E-state index in [1.54, 1.807) is 18.2 Å². The molecule has 1 aliphatic heterocycles. The van der Waals surface area contributed by atoms with E-state index >= 15 is 0 Å². The molecule has 1 heterocycles. The topological polar surface area (TPSA) is 153 Å². The Balaban J connectivity index is 1.94. The molecule has 1 aliphatic rings. The Kier molecular flexibility index (Phi) is 5.91. The number of nitrogens with one attached hydrogen (secondary N) is 1.